The highest BCUT2D eigenvalue weighted by molar-refractivity contribution is 6.35. The molecule has 230 valence electrons. The Labute approximate surface area is 255 Å². The molecule has 1 amide bonds. The number of anilines is 2. The highest BCUT2D eigenvalue weighted by Gasteiger charge is 2.42. The van der Waals surface area contributed by atoms with Crippen molar-refractivity contribution in [2.24, 2.45) is 5.73 Å². The van der Waals surface area contributed by atoms with Crippen LogP contribution in [0, 0.1) is 5.41 Å². The number of halogens is 5. The summed E-state index contributed by atoms with van der Waals surface area (Å²) in [5.41, 5.74) is 11.1. The topological polar surface area (TPSA) is 148 Å². The van der Waals surface area contributed by atoms with E-state index in [0.29, 0.717) is 27.8 Å². The zero-order valence-corrected chi connectivity index (χ0v) is 24.6. The number of carbonyl (C=O) groups excluding carboxylic acids is 2. The second-order valence-corrected chi connectivity index (χ2v) is 9.98. The molecule has 6 N–H and O–H groups in total. The molecule has 15 heteroatoms. The van der Waals surface area contributed by atoms with Gasteiger partial charge in [0.15, 0.2) is 11.5 Å². The van der Waals surface area contributed by atoms with Gasteiger partial charge in [-0.15, -0.1) is 0 Å². The molecule has 3 rings (SSSR count). The number of nitrogens with two attached hydrogens (primary N) is 1. The molecule has 10 nitrogen and oxygen atoms in total. The molecule has 0 fully saturated rings. The van der Waals surface area contributed by atoms with Crippen molar-refractivity contribution in [2.45, 2.75) is 39.1 Å². The van der Waals surface area contributed by atoms with Crippen molar-refractivity contribution in [1.82, 2.24) is 5.43 Å². The molecular formula is C28H28Cl2F3N5O5. The zero-order chi connectivity index (χ0) is 31.9. The van der Waals surface area contributed by atoms with Crippen LogP contribution in [0.25, 0.3) is 0 Å². The van der Waals surface area contributed by atoms with E-state index in [9.17, 15) is 22.8 Å². The van der Waals surface area contributed by atoms with E-state index in [1.807, 2.05) is 13.8 Å². The van der Waals surface area contributed by atoms with Gasteiger partial charge in [-0.1, -0.05) is 29.3 Å². The van der Waals surface area contributed by atoms with E-state index in [-0.39, 0.29) is 29.0 Å². The lowest BCUT2D eigenvalue weighted by molar-refractivity contribution is -0.189. The molecule has 0 heterocycles. The summed E-state index contributed by atoms with van der Waals surface area (Å²) in [4.78, 5) is 25.1. The summed E-state index contributed by atoms with van der Waals surface area (Å²) in [5.74, 6) is -3.69. The number of nitrogens with one attached hydrogen (secondary N) is 4. The lowest BCUT2D eigenvalue weighted by Gasteiger charge is -2.23. The lowest BCUT2D eigenvalue weighted by Crippen LogP contribution is -2.37. The van der Waals surface area contributed by atoms with Crippen LogP contribution in [0.5, 0.6) is 17.2 Å². The van der Waals surface area contributed by atoms with Crippen LogP contribution in [0.1, 0.15) is 37.9 Å². The summed E-state index contributed by atoms with van der Waals surface area (Å²) in [6.45, 7) is 5.73. The molecule has 1 unspecified atom stereocenters. The van der Waals surface area contributed by atoms with Crippen LogP contribution in [-0.2, 0) is 9.59 Å². The molecule has 0 aliphatic carbocycles. The number of ether oxygens (including phenoxy) is 3. The SMILES string of the molecule is CCOc1cc(C(Nc2ccc(C(=N)N)c(OC(=O)C(F)(F)F)c2)C(=O)NNc2cc(Cl)ccc2Cl)ccc1OC(C)C. The van der Waals surface area contributed by atoms with Gasteiger partial charge in [0.1, 0.15) is 17.6 Å². The molecule has 1 atom stereocenters. The molecule has 0 aliphatic heterocycles. The number of carbonyl (C=O) groups is 2. The number of nitrogen functional groups attached to an aromatic ring is 1. The van der Waals surface area contributed by atoms with E-state index in [0.717, 1.165) is 6.07 Å². The minimum atomic E-state index is -5.30. The lowest BCUT2D eigenvalue weighted by atomic mass is 10.0. The Morgan fingerprint density at radius 2 is 1.72 bits per heavy atom. The number of rotatable bonds is 12. The van der Waals surface area contributed by atoms with E-state index in [1.54, 1.807) is 31.2 Å². The van der Waals surface area contributed by atoms with Gasteiger partial charge in [-0.25, -0.2) is 4.79 Å². The number of hydrogen-bond donors (Lipinski definition) is 5. The van der Waals surface area contributed by atoms with E-state index < -0.39 is 35.7 Å². The zero-order valence-electron chi connectivity index (χ0n) is 23.1. The van der Waals surface area contributed by atoms with Crippen LogP contribution in [0.4, 0.5) is 24.5 Å². The molecular weight excluding hydrogens is 614 g/mol. The summed E-state index contributed by atoms with van der Waals surface area (Å²) >= 11 is 12.2. The number of hydrogen-bond acceptors (Lipinski definition) is 8. The summed E-state index contributed by atoms with van der Waals surface area (Å²) in [5, 5.41) is 11.2. The van der Waals surface area contributed by atoms with E-state index in [4.69, 9.17) is 43.8 Å². The number of alkyl halides is 3. The third kappa shape index (κ3) is 9.06. The average Bonchev–Trinajstić information content (AvgIpc) is 2.92. The molecule has 3 aromatic rings. The van der Waals surface area contributed by atoms with E-state index >= 15 is 0 Å². The fourth-order valence-electron chi connectivity index (χ4n) is 3.66. The van der Waals surface area contributed by atoms with Crippen molar-refractivity contribution in [1.29, 1.82) is 5.41 Å². The van der Waals surface area contributed by atoms with Crippen LogP contribution in [-0.4, -0.2) is 36.6 Å². The van der Waals surface area contributed by atoms with Crippen molar-refractivity contribution in [2.75, 3.05) is 17.3 Å². The highest BCUT2D eigenvalue weighted by Crippen LogP contribution is 2.34. The minimum absolute atomic E-state index is 0.0522. The van der Waals surface area contributed by atoms with Crippen molar-refractivity contribution < 1.29 is 37.0 Å². The predicted molar refractivity (Wildman–Crippen MR) is 157 cm³/mol. The van der Waals surface area contributed by atoms with Crippen LogP contribution in [0.3, 0.4) is 0 Å². The summed E-state index contributed by atoms with van der Waals surface area (Å²) in [7, 11) is 0. The van der Waals surface area contributed by atoms with Gasteiger partial charge in [-0.3, -0.25) is 21.1 Å². The van der Waals surface area contributed by atoms with Crippen molar-refractivity contribution >= 4 is 52.3 Å². The van der Waals surface area contributed by atoms with Gasteiger partial charge in [0.05, 0.1) is 29.0 Å². The maximum absolute atomic E-state index is 13.5. The Hall–Kier alpha value is -4.36. The first kappa shape index (κ1) is 33.1. The molecule has 0 saturated carbocycles. The van der Waals surface area contributed by atoms with Gasteiger partial charge in [0, 0.05) is 16.8 Å². The number of amides is 1. The fourth-order valence-corrected chi connectivity index (χ4v) is 4.00. The van der Waals surface area contributed by atoms with Gasteiger partial charge < -0.3 is 25.3 Å². The Morgan fingerprint density at radius 3 is 2.35 bits per heavy atom. The molecule has 0 radical (unpaired) electrons. The minimum Gasteiger partial charge on any atom is -0.490 e. The first-order valence-electron chi connectivity index (χ1n) is 12.7. The summed E-state index contributed by atoms with van der Waals surface area (Å²) in [6, 6.07) is 11.7. The quantitative estimate of drug-likeness (QED) is 0.0514. The molecule has 3 aromatic carbocycles. The van der Waals surface area contributed by atoms with Crippen LogP contribution >= 0.6 is 23.2 Å². The third-order valence-corrected chi connectivity index (χ3v) is 6.06. The van der Waals surface area contributed by atoms with Crippen LogP contribution < -0.4 is 36.1 Å². The monoisotopic (exact) mass is 641 g/mol. The molecule has 0 bridgehead atoms. The molecule has 0 spiro atoms. The second kappa shape index (κ2) is 14.2. The first-order valence-corrected chi connectivity index (χ1v) is 13.4. The molecule has 43 heavy (non-hydrogen) atoms. The summed E-state index contributed by atoms with van der Waals surface area (Å²) < 4.78 is 54.8. The predicted octanol–water partition coefficient (Wildman–Crippen LogP) is 6.23. The summed E-state index contributed by atoms with van der Waals surface area (Å²) in [6.07, 6.45) is -5.48. The Bertz CT molecular complexity index is 1500. The Kier molecular flexibility index (Phi) is 11.0. The van der Waals surface area contributed by atoms with E-state index in [2.05, 4.69) is 20.9 Å². The van der Waals surface area contributed by atoms with Crippen molar-refractivity contribution in [3.05, 3.63) is 75.8 Å². The van der Waals surface area contributed by atoms with Crippen molar-refractivity contribution in [3.63, 3.8) is 0 Å². The number of benzene rings is 3. The van der Waals surface area contributed by atoms with E-state index in [1.165, 1.54) is 24.3 Å². The van der Waals surface area contributed by atoms with Gasteiger partial charge in [0.2, 0.25) is 0 Å². The number of hydrazine groups is 1. The molecule has 0 aliphatic rings. The number of amidine groups is 1. The first-order chi connectivity index (χ1) is 20.2. The Balaban J connectivity index is 2.03. The average molecular weight is 642 g/mol. The van der Waals surface area contributed by atoms with Crippen molar-refractivity contribution in [3.8, 4) is 17.2 Å². The van der Waals surface area contributed by atoms with Crippen LogP contribution in [0.2, 0.25) is 10.0 Å². The standard InChI is InChI=1S/C28H28Cl2F3N5O5/c1-4-41-23-11-15(5-10-21(23)42-14(2)3)24(26(39)38-37-20-12-16(29)6-9-19(20)30)36-17-7-8-18(25(34)35)22(13-17)43-27(40)28(31,32)33/h5-14,24,36-37H,4H2,1-3H3,(H3,34,35)(H,38,39). The van der Waals surface area contributed by atoms with Gasteiger partial charge in [0.25, 0.3) is 5.91 Å². The van der Waals surface area contributed by atoms with Gasteiger partial charge >= 0.3 is 12.1 Å². The Morgan fingerprint density at radius 1 is 1.00 bits per heavy atom. The fraction of sp³-hybridized carbons (Fsp3) is 0.250. The maximum Gasteiger partial charge on any atom is 0.491 e. The normalized spacial score (nSPS) is 11.8. The maximum atomic E-state index is 13.5. The van der Waals surface area contributed by atoms with Gasteiger partial charge in [-0.2, -0.15) is 13.2 Å². The van der Waals surface area contributed by atoms with Crippen LogP contribution in [0.15, 0.2) is 54.6 Å². The van der Waals surface area contributed by atoms with Gasteiger partial charge in [-0.05, 0) is 68.8 Å². The smallest absolute Gasteiger partial charge is 0.490 e. The third-order valence-electron chi connectivity index (χ3n) is 5.49. The second-order valence-electron chi connectivity index (χ2n) is 9.13. The molecule has 0 aromatic heterocycles. The molecule has 0 saturated heterocycles. The highest BCUT2D eigenvalue weighted by atomic mass is 35.5. The number of esters is 1. The largest absolute Gasteiger partial charge is 0.491 e.